The van der Waals surface area contributed by atoms with Crippen LogP contribution in [0.4, 0.5) is 0 Å². The lowest BCUT2D eigenvalue weighted by molar-refractivity contribution is 0.204. The van der Waals surface area contributed by atoms with Crippen LogP contribution in [0.5, 0.6) is 0 Å². The van der Waals surface area contributed by atoms with Gasteiger partial charge in [0.2, 0.25) is 0 Å². The monoisotopic (exact) mass is 342 g/mol. The highest BCUT2D eigenvalue weighted by atomic mass is 127. The first-order chi connectivity index (χ1) is 8.22. The van der Waals surface area contributed by atoms with Gasteiger partial charge < -0.3 is 9.67 Å². The molecule has 3 nitrogen and oxygen atoms in total. The van der Waals surface area contributed by atoms with Crippen molar-refractivity contribution >= 4 is 22.6 Å². The van der Waals surface area contributed by atoms with Crippen molar-refractivity contribution in [3.05, 3.63) is 51.6 Å². The molecule has 0 aliphatic heterocycles. The first kappa shape index (κ1) is 12.6. The van der Waals surface area contributed by atoms with Crippen LogP contribution in [0.3, 0.4) is 0 Å². The summed E-state index contributed by atoms with van der Waals surface area (Å²) in [7, 11) is 0. The number of halogens is 1. The predicted octanol–water partition coefficient (Wildman–Crippen LogP) is 2.98. The van der Waals surface area contributed by atoms with Gasteiger partial charge in [0.1, 0.15) is 11.9 Å². The number of hydrogen-bond acceptors (Lipinski definition) is 2. The summed E-state index contributed by atoms with van der Waals surface area (Å²) in [5, 5.41) is 10.3. The Balaban J connectivity index is 2.26. The molecule has 0 amide bonds. The van der Waals surface area contributed by atoms with Crippen LogP contribution in [0.1, 0.15) is 30.8 Å². The Kier molecular flexibility index (Phi) is 4.17. The first-order valence-electron chi connectivity index (χ1n) is 5.67. The fourth-order valence-corrected chi connectivity index (χ4v) is 2.15. The first-order valence-corrected chi connectivity index (χ1v) is 6.74. The van der Waals surface area contributed by atoms with E-state index in [4.69, 9.17) is 0 Å². The van der Waals surface area contributed by atoms with Gasteiger partial charge in [0.05, 0.1) is 0 Å². The molecule has 0 aliphatic rings. The van der Waals surface area contributed by atoms with E-state index < -0.39 is 6.10 Å². The van der Waals surface area contributed by atoms with Crippen LogP contribution in [-0.2, 0) is 6.54 Å². The Morgan fingerprint density at radius 1 is 1.35 bits per heavy atom. The summed E-state index contributed by atoms with van der Waals surface area (Å²) in [5.74, 6) is 0.716. The zero-order valence-corrected chi connectivity index (χ0v) is 11.8. The molecule has 2 rings (SSSR count). The molecule has 1 heterocycles. The fraction of sp³-hybridized carbons (Fsp3) is 0.308. The van der Waals surface area contributed by atoms with Gasteiger partial charge >= 0.3 is 0 Å². The molecule has 1 N–H and O–H groups in total. The summed E-state index contributed by atoms with van der Waals surface area (Å²) in [6, 6.07) is 7.87. The van der Waals surface area contributed by atoms with Gasteiger partial charge in [0.25, 0.3) is 0 Å². The molecule has 1 aromatic heterocycles. The Morgan fingerprint density at radius 2 is 2.06 bits per heavy atom. The van der Waals surface area contributed by atoms with Crippen LogP contribution in [0.15, 0.2) is 36.7 Å². The normalized spacial score (nSPS) is 12.6. The van der Waals surface area contributed by atoms with Crippen molar-refractivity contribution in [2.24, 2.45) is 0 Å². The lowest BCUT2D eigenvalue weighted by Crippen LogP contribution is -2.09. The molecule has 4 heteroatoms. The average molecular weight is 342 g/mol. The van der Waals surface area contributed by atoms with E-state index in [-0.39, 0.29) is 0 Å². The average Bonchev–Trinajstić information content (AvgIpc) is 2.78. The largest absolute Gasteiger partial charge is 0.380 e. The third-order valence-corrected chi connectivity index (χ3v) is 3.36. The van der Waals surface area contributed by atoms with Crippen molar-refractivity contribution < 1.29 is 5.11 Å². The number of imidazole rings is 1. The topological polar surface area (TPSA) is 38.0 Å². The van der Waals surface area contributed by atoms with E-state index in [2.05, 4.69) is 34.5 Å². The molecule has 1 aromatic carbocycles. The molecule has 0 bridgehead atoms. The molecule has 17 heavy (non-hydrogen) atoms. The quantitative estimate of drug-likeness (QED) is 0.868. The molecule has 0 aliphatic carbocycles. The maximum atomic E-state index is 10.3. The second-order valence-corrected chi connectivity index (χ2v) is 5.18. The van der Waals surface area contributed by atoms with Crippen LogP contribution < -0.4 is 0 Å². The maximum absolute atomic E-state index is 10.3. The summed E-state index contributed by atoms with van der Waals surface area (Å²) < 4.78 is 3.17. The lowest BCUT2D eigenvalue weighted by atomic mass is 10.1. The molecule has 90 valence electrons. The minimum Gasteiger partial charge on any atom is -0.380 e. The van der Waals surface area contributed by atoms with E-state index in [0.29, 0.717) is 5.82 Å². The smallest absolute Gasteiger partial charge is 0.142 e. The standard InChI is InChI=1S/C13H15IN2O/c1-2-8-16-9-7-15-13(16)12(17)10-3-5-11(14)6-4-10/h3-7,9,12,17H,2,8H2,1H3. The molecular weight excluding hydrogens is 327 g/mol. The number of benzene rings is 1. The van der Waals surface area contributed by atoms with Crippen LogP contribution in [0, 0.1) is 3.57 Å². The van der Waals surface area contributed by atoms with Gasteiger partial charge in [0, 0.05) is 22.5 Å². The molecule has 0 saturated carbocycles. The van der Waals surface area contributed by atoms with Gasteiger partial charge in [-0.3, -0.25) is 0 Å². The highest BCUT2D eigenvalue weighted by Gasteiger charge is 2.15. The number of hydrogen-bond donors (Lipinski definition) is 1. The highest BCUT2D eigenvalue weighted by Crippen LogP contribution is 2.21. The third kappa shape index (κ3) is 2.87. The van der Waals surface area contributed by atoms with Gasteiger partial charge in [-0.1, -0.05) is 19.1 Å². The Hall–Kier alpha value is -0.880. The molecule has 0 radical (unpaired) electrons. The van der Waals surface area contributed by atoms with Gasteiger partial charge in [-0.25, -0.2) is 4.98 Å². The highest BCUT2D eigenvalue weighted by molar-refractivity contribution is 14.1. The second kappa shape index (κ2) is 5.64. The Bertz CT molecular complexity index is 478. The minimum atomic E-state index is -0.645. The van der Waals surface area contributed by atoms with E-state index in [1.807, 2.05) is 35.0 Å². The van der Waals surface area contributed by atoms with Crippen molar-refractivity contribution in [1.29, 1.82) is 0 Å². The number of aliphatic hydroxyl groups excluding tert-OH is 1. The van der Waals surface area contributed by atoms with E-state index in [0.717, 1.165) is 22.1 Å². The van der Waals surface area contributed by atoms with E-state index in [1.165, 1.54) is 0 Å². The molecule has 0 fully saturated rings. The van der Waals surface area contributed by atoms with Gasteiger partial charge in [-0.15, -0.1) is 0 Å². The summed E-state index contributed by atoms with van der Waals surface area (Å²) >= 11 is 2.25. The lowest BCUT2D eigenvalue weighted by Gasteiger charge is -2.13. The van der Waals surface area contributed by atoms with Gasteiger partial charge in [-0.05, 0) is 46.7 Å². The number of rotatable bonds is 4. The van der Waals surface area contributed by atoms with Crippen LogP contribution in [0.25, 0.3) is 0 Å². The molecule has 0 spiro atoms. The number of nitrogens with zero attached hydrogens (tertiary/aromatic N) is 2. The van der Waals surface area contributed by atoms with Crippen LogP contribution >= 0.6 is 22.6 Å². The Labute approximate surface area is 115 Å². The van der Waals surface area contributed by atoms with Crippen molar-refractivity contribution in [3.63, 3.8) is 0 Å². The van der Waals surface area contributed by atoms with Crippen molar-refractivity contribution in [3.8, 4) is 0 Å². The molecule has 1 atom stereocenters. The SMILES string of the molecule is CCCn1ccnc1C(O)c1ccc(I)cc1. The predicted molar refractivity (Wildman–Crippen MR) is 75.7 cm³/mol. The van der Waals surface area contributed by atoms with Gasteiger partial charge in [0.15, 0.2) is 0 Å². The summed E-state index contributed by atoms with van der Waals surface area (Å²) in [6.07, 6.45) is 4.03. The number of aryl methyl sites for hydroxylation is 1. The minimum absolute atomic E-state index is 0.645. The summed E-state index contributed by atoms with van der Waals surface area (Å²) in [4.78, 5) is 4.24. The molecular formula is C13H15IN2O. The van der Waals surface area contributed by atoms with Crippen LogP contribution in [-0.4, -0.2) is 14.7 Å². The Morgan fingerprint density at radius 3 is 2.71 bits per heavy atom. The molecule has 0 saturated heterocycles. The zero-order valence-electron chi connectivity index (χ0n) is 9.68. The van der Waals surface area contributed by atoms with E-state index in [9.17, 15) is 5.11 Å². The van der Waals surface area contributed by atoms with Crippen molar-refractivity contribution in [2.45, 2.75) is 26.0 Å². The second-order valence-electron chi connectivity index (χ2n) is 3.93. The third-order valence-electron chi connectivity index (χ3n) is 2.64. The zero-order chi connectivity index (χ0) is 12.3. The fourth-order valence-electron chi connectivity index (χ4n) is 1.79. The summed E-state index contributed by atoms with van der Waals surface area (Å²) in [5.41, 5.74) is 0.883. The van der Waals surface area contributed by atoms with Crippen LogP contribution in [0.2, 0.25) is 0 Å². The number of aliphatic hydroxyl groups is 1. The molecule has 2 aromatic rings. The van der Waals surface area contributed by atoms with Crippen molar-refractivity contribution in [1.82, 2.24) is 9.55 Å². The van der Waals surface area contributed by atoms with E-state index >= 15 is 0 Å². The van der Waals surface area contributed by atoms with Crippen molar-refractivity contribution in [2.75, 3.05) is 0 Å². The molecule has 1 unspecified atom stereocenters. The van der Waals surface area contributed by atoms with E-state index in [1.54, 1.807) is 6.20 Å². The number of aromatic nitrogens is 2. The summed E-state index contributed by atoms with van der Waals surface area (Å²) in [6.45, 7) is 3.00. The van der Waals surface area contributed by atoms with Gasteiger partial charge in [-0.2, -0.15) is 0 Å². The maximum Gasteiger partial charge on any atom is 0.142 e.